The average Bonchev–Trinajstić information content (AvgIpc) is 2.56. The van der Waals surface area contributed by atoms with E-state index in [1.807, 2.05) is 0 Å². The third-order valence-corrected chi connectivity index (χ3v) is 3.72. The molecule has 104 valence electrons. The van der Waals surface area contributed by atoms with E-state index >= 15 is 0 Å². The van der Waals surface area contributed by atoms with Gasteiger partial charge in [-0.3, -0.25) is 14.3 Å². The minimum atomic E-state index is -1.11. The topological polar surface area (TPSA) is 114 Å². The normalized spacial score (nSPS) is 37.5. The highest BCUT2D eigenvalue weighted by Crippen LogP contribution is 2.43. The Morgan fingerprint density at radius 3 is 2.95 bits per heavy atom. The lowest BCUT2D eigenvalue weighted by Crippen LogP contribution is -2.51. The summed E-state index contributed by atoms with van der Waals surface area (Å²) < 4.78 is 12.2. The van der Waals surface area contributed by atoms with Crippen LogP contribution in [0.25, 0.3) is 0 Å². The van der Waals surface area contributed by atoms with Crippen molar-refractivity contribution in [2.75, 3.05) is 13.2 Å². The first-order chi connectivity index (χ1) is 9.07. The second-order valence-corrected chi connectivity index (χ2v) is 4.78. The van der Waals surface area contributed by atoms with Gasteiger partial charge in [-0.15, -0.1) is 0 Å². The van der Waals surface area contributed by atoms with Crippen LogP contribution in [0.5, 0.6) is 0 Å². The summed E-state index contributed by atoms with van der Waals surface area (Å²) in [4.78, 5) is 24.9. The Morgan fingerprint density at radius 1 is 1.53 bits per heavy atom. The number of aliphatic hydroxyl groups is 2. The first-order valence-electron chi connectivity index (χ1n) is 5.97. The number of nitrogens with zero attached hydrogens (tertiary/aromatic N) is 1. The van der Waals surface area contributed by atoms with Gasteiger partial charge in [0.1, 0.15) is 17.8 Å². The van der Waals surface area contributed by atoms with Gasteiger partial charge >= 0.3 is 5.69 Å². The molecule has 0 spiro atoms. The molecule has 4 atom stereocenters. The summed E-state index contributed by atoms with van der Waals surface area (Å²) in [5.74, 6) is 0. The first kappa shape index (κ1) is 12.5. The van der Waals surface area contributed by atoms with Crippen molar-refractivity contribution in [1.29, 1.82) is 0 Å². The number of rotatable bonds is 2. The fourth-order valence-electron chi connectivity index (χ4n) is 2.63. The Labute approximate surface area is 107 Å². The molecule has 2 saturated heterocycles. The smallest absolute Gasteiger partial charge is 0.330 e. The van der Waals surface area contributed by atoms with Gasteiger partial charge in [-0.2, -0.15) is 0 Å². The van der Waals surface area contributed by atoms with E-state index in [1.165, 1.54) is 12.3 Å². The molecule has 2 fully saturated rings. The van der Waals surface area contributed by atoms with E-state index in [9.17, 15) is 19.8 Å². The molecule has 2 aliphatic rings. The number of fused-ring (bicyclic) bond motifs is 2. The molecule has 0 aliphatic carbocycles. The van der Waals surface area contributed by atoms with Crippen molar-refractivity contribution in [2.24, 2.45) is 0 Å². The quantitative estimate of drug-likeness (QED) is 0.570. The van der Waals surface area contributed by atoms with Gasteiger partial charge in [-0.05, 0) is 0 Å². The van der Waals surface area contributed by atoms with E-state index in [4.69, 9.17) is 9.47 Å². The second-order valence-electron chi connectivity index (χ2n) is 4.78. The number of aromatic nitrogens is 2. The summed E-state index contributed by atoms with van der Waals surface area (Å²) in [6.07, 6.45) is -1.00. The zero-order valence-electron chi connectivity index (χ0n) is 9.98. The average molecular weight is 270 g/mol. The maximum Gasteiger partial charge on any atom is 0.330 e. The fraction of sp³-hybridized carbons (Fsp3) is 0.636. The second kappa shape index (κ2) is 4.27. The molecule has 19 heavy (non-hydrogen) atoms. The molecule has 0 radical (unpaired) electrons. The molecule has 0 unspecified atom stereocenters. The molecule has 0 aromatic carbocycles. The standard InChI is InChI=1S/C11H14N2O6/c14-5-11-2-4-18-7(8(11)16)9(19-11)13-3-1-6(15)12-10(13)17/h1,3,7-9,14,16H,2,4-5H2,(H,12,15,17)/t7-,8+,9-,11-/m1/s1. The highest BCUT2D eigenvalue weighted by molar-refractivity contribution is 5.04. The minimum absolute atomic E-state index is 0.330. The van der Waals surface area contributed by atoms with Gasteiger partial charge in [0.05, 0.1) is 13.2 Å². The molecule has 3 heterocycles. The maximum atomic E-state index is 11.7. The summed E-state index contributed by atoms with van der Waals surface area (Å²) in [5, 5.41) is 19.6. The molecule has 8 heteroatoms. The lowest BCUT2D eigenvalue weighted by atomic mass is 9.90. The number of aromatic amines is 1. The van der Waals surface area contributed by atoms with E-state index < -0.39 is 35.3 Å². The zero-order chi connectivity index (χ0) is 13.6. The summed E-state index contributed by atoms with van der Waals surface area (Å²) in [6.45, 7) is -0.0283. The van der Waals surface area contributed by atoms with Crippen LogP contribution in [-0.2, 0) is 9.47 Å². The molecule has 2 aliphatic heterocycles. The van der Waals surface area contributed by atoms with Crippen molar-refractivity contribution in [3.63, 3.8) is 0 Å². The summed E-state index contributed by atoms with van der Waals surface area (Å²) >= 11 is 0. The van der Waals surface area contributed by atoms with Crippen molar-refractivity contribution < 1.29 is 19.7 Å². The molecule has 3 rings (SSSR count). The molecule has 0 saturated carbocycles. The van der Waals surface area contributed by atoms with Gasteiger partial charge in [0.2, 0.25) is 0 Å². The lowest BCUT2D eigenvalue weighted by molar-refractivity contribution is -0.144. The highest BCUT2D eigenvalue weighted by Gasteiger charge is 2.58. The number of aliphatic hydroxyl groups excluding tert-OH is 2. The Hall–Kier alpha value is -1.48. The van der Waals surface area contributed by atoms with Crippen molar-refractivity contribution in [1.82, 2.24) is 9.55 Å². The van der Waals surface area contributed by atoms with Crippen molar-refractivity contribution in [3.05, 3.63) is 33.1 Å². The van der Waals surface area contributed by atoms with Crippen LogP contribution in [0.2, 0.25) is 0 Å². The van der Waals surface area contributed by atoms with Crippen LogP contribution in [0.15, 0.2) is 21.9 Å². The number of hydrogen-bond donors (Lipinski definition) is 3. The zero-order valence-corrected chi connectivity index (χ0v) is 9.98. The highest BCUT2D eigenvalue weighted by atomic mass is 16.6. The molecule has 1 aromatic heterocycles. The van der Waals surface area contributed by atoms with Crippen LogP contribution >= 0.6 is 0 Å². The van der Waals surface area contributed by atoms with Crippen LogP contribution in [0.3, 0.4) is 0 Å². The van der Waals surface area contributed by atoms with Crippen LogP contribution in [0.4, 0.5) is 0 Å². The summed E-state index contributed by atoms with van der Waals surface area (Å²) in [6, 6.07) is 1.19. The van der Waals surface area contributed by atoms with E-state index in [2.05, 4.69) is 4.98 Å². The predicted molar refractivity (Wildman–Crippen MR) is 61.6 cm³/mol. The van der Waals surface area contributed by atoms with Crippen molar-refractivity contribution >= 4 is 0 Å². The van der Waals surface area contributed by atoms with E-state index in [0.29, 0.717) is 13.0 Å². The largest absolute Gasteiger partial charge is 0.393 e. The maximum absolute atomic E-state index is 11.7. The summed E-state index contributed by atoms with van der Waals surface area (Å²) in [5.41, 5.74) is -2.27. The summed E-state index contributed by atoms with van der Waals surface area (Å²) in [7, 11) is 0. The molecule has 0 amide bonds. The third-order valence-electron chi connectivity index (χ3n) is 3.72. The number of H-pyrrole nitrogens is 1. The lowest BCUT2D eigenvalue weighted by Gasteiger charge is -2.33. The first-order valence-corrected chi connectivity index (χ1v) is 5.97. The van der Waals surface area contributed by atoms with Crippen LogP contribution in [0.1, 0.15) is 12.6 Å². The van der Waals surface area contributed by atoms with Gasteiger partial charge < -0.3 is 19.7 Å². The molecule has 8 nitrogen and oxygen atoms in total. The third kappa shape index (κ3) is 1.76. The van der Waals surface area contributed by atoms with Crippen LogP contribution in [0, 0.1) is 0 Å². The van der Waals surface area contributed by atoms with Gasteiger partial charge in [-0.1, -0.05) is 0 Å². The Bertz CT molecular complexity index is 595. The monoisotopic (exact) mass is 270 g/mol. The van der Waals surface area contributed by atoms with E-state index in [0.717, 1.165) is 4.57 Å². The SMILES string of the molecule is O=c1ccn([C@@H]2O[C@@]3(CO)CCO[C@@H]2[C@@H]3O)c(=O)[nH]1. The predicted octanol–water partition coefficient (Wildman–Crippen LogP) is -2.05. The van der Waals surface area contributed by atoms with Gasteiger partial charge in [0.25, 0.3) is 5.56 Å². The van der Waals surface area contributed by atoms with Crippen LogP contribution in [-0.4, -0.2) is 50.8 Å². The van der Waals surface area contributed by atoms with Gasteiger partial charge in [-0.25, -0.2) is 4.79 Å². The number of hydrogen-bond acceptors (Lipinski definition) is 6. The Morgan fingerprint density at radius 2 is 2.32 bits per heavy atom. The minimum Gasteiger partial charge on any atom is -0.393 e. The Balaban J connectivity index is 2.03. The molecular formula is C11H14N2O6. The molecule has 3 N–H and O–H groups in total. The molecule has 2 bridgehead atoms. The van der Waals surface area contributed by atoms with Gasteiger partial charge in [0, 0.05) is 18.7 Å². The van der Waals surface area contributed by atoms with E-state index in [1.54, 1.807) is 0 Å². The van der Waals surface area contributed by atoms with Crippen molar-refractivity contribution in [2.45, 2.75) is 30.5 Å². The molecule has 1 aromatic rings. The number of ether oxygens (including phenoxy) is 2. The van der Waals surface area contributed by atoms with Crippen LogP contribution < -0.4 is 11.2 Å². The molecular weight excluding hydrogens is 256 g/mol. The van der Waals surface area contributed by atoms with Crippen molar-refractivity contribution in [3.8, 4) is 0 Å². The van der Waals surface area contributed by atoms with Gasteiger partial charge in [0.15, 0.2) is 6.23 Å². The Kier molecular flexibility index (Phi) is 2.82. The fourth-order valence-corrected chi connectivity index (χ4v) is 2.63. The van der Waals surface area contributed by atoms with E-state index in [-0.39, 0.29) is 6.61 Å². The number of nitrogens with one attached hydrogen (secondary N) is 1.